The fourth-order valence-corrected chi connectivity index (χ4v) is 2.50. The van der Waals surface area contributed by atoms with Crippen molar-refractivity contribution in [2.75, 3.05) is 17.0 Å². The first-order valence-corrected chi connectivity index (χ1v) is 7.01. The van der Waals surface area contributed by atoms with Gasteiger partial charge in [-0.05, 0) is 31.2 Å². The molecule has 0 aliphatic carbocycles. The van der Waals surface area contributed by atoms with E-state index in [2.05, 4.69) is 4.72 Å². The number of nitrogens with one attached hydrogen (secondary N) is 1. The van der Waals surface area contributed by atoms with E-state index in [1.807, 2.05) is 0 Å². The molecule has 0 saturated carbocycles. The van der Waals surface area contributed by atoms with E-state index in [1.165, 1.54) is 12.1 Å². The van der Waals surface area contributed by atoms with Crippen LogP contribution in [-0.2, 0) is 10.0 Å². The van der Waals surface area contributed by atoms with Crippen LogP contribution in [0.4, 0.5) is 5.69 Å². The van der Waals surface area contributed by atoms with Gasteiger partial charge in [0.05, 0.1) is 21.5 Å². The molecule has 0 aromatic heterocycles. The van der Waals surface area contributed by atoms with E-state index in [0.29, 0.717) is 28.7 Å². The van der Waals surface area contributed by atoms with E-state index in [0.717, 1.165) is 0 Å². The Bertz CT molecular complexity index is 463. The van der Waals surface area contributed by atoms with Crippen LogP contribution in [0.25, 0.3) is 0 Å². The molecule has 0 aliphatic rings. The second-order valence-electron chi connectivity index (χ2n) is 3.19. The van der Waals surface area contributed by atoms with E-state index >= 15 is 0 Å². The SMILES string of the molecule is NCCCS(=O)(=O)Nc1ccc(Cl)c(Cl)c1. The molecular weight excluding hydrogens is 271 g/mol. The summed E-state index contributed by atoms with van der Waals surface area (Å²) in [6, 6.07) is 4.54. The molecule has 16 heavy (non-hydrogen) atoms. The molecule has 0 aliphatic heterocycles. The standard InChI is InChI=1S/C9H12Cl2N2O2S/c10-8-3-2-7(6-9(8)11)13-16(14,15)5-1-4-12/h2-3,6,13H,1,4-5,12H2. The van der Waals surface area contributed by atoms with Crippen molar-refractivity contribution in [3.8, 4) is 0 Å². The van der Waals surface area contributed by atoms with Gasteiger partial charge in [-0.1, -0.05) is 23.2 Å². The lowest BCUT2D eigenvalue weighted by molar-refractivity contribution is 0.599. The normalized spacial score (nSPS) is 11.4. The molecule has 0 spiro atoms. The molecule has 0 saturated heterocycles. The summed E-state index contributed by atoms with van der Waals surface area (Å²) >= 11 is 11.5. The van der Waals surface area contributed by atoms with Crippen LogP contribution in [0.3, 0.4) is 0 Å². The van der Waals surface area contributed by atoms with Crippen LogP contribution in [0.5, 0.6) is 0 Å². The minimum atomic E-state index is -3.36. The minimum absolute atomic E-state index is 0.0102. The minimum Gasteiger partial charge on any atom is -0.330 e. The maximum atomic E-state index is 11.5. The number of rotatable bonds is 5. The highest BCUT2D eigenvalue weighted by Crippen LogP contribution is 2.25. The van der Waals surface area contributed by atoms with Crippen LogP contribution in [0.2, 0.25) is 10.0 Å². The second-order valence-corrected chi connectivity index (χ2v) is 5.85. The summed E-state index contributed by atoms with van der Waals surface area (Å²) in [6.45, 7) is 0.336. The molecule has 0 heterocycles. The average Bonchev–Trinajstić information content (AvgIpc) is 2.20. The van der Waals surface area contributed by atoms with Gasteiger partial charge >= 0.3 is 0 Å². The third-order valence-electron chi connectivity index (χ3n) is 1.81. The van der Waals surface area contributed by atoms with Crippen LogP contribution in [0, 0.1) is 0 Å². The molecule has 0 amide bonds. The molecule has 0 fully saturated rings. The first kappa shape index (κ1) is 13.6. The number of hydrogen-bond acceptors (Lipinski definition) is 3. The van der Waals surface area contributed by atoms with Crippen LogP contribution in [0.15, 0.2) is 18.2 Å². The molecule has 90 valence electrons. The topological polar surface area (TPSA) is 72.2 Å². The summed E-state index contributed by atoms with van der Waals surface area (Å²) in [7, 11) is -3.36. The summed E-state index contributed by atoms with van der Waals surface area (Å²) in [4.78, 5) is 0. The fraction of sp³-hybridized carbons (Fsp3) is 0.333. The molecular formula is C9H12Cl2N2O2S. The van der Waals surface area contributed by atoms with Crippen molar-refractivity contribution in [1.82, 2.24) is 0 Å². The first-order valence-electron chi connectivity index (χ1n) is 4.60. The van der Waals surface area contributed by atoms with Gasteiger partial charge in [0.2, 0.25) is 10.0 Å². The summed E-state index contributed by atoms with van der Waals surface area (Å²) in [5, 5.41) is 0.687. The van der Waals surface area contributed by atoms with E-state index in [9.17, 15) is 8.42 Å². The summed E-state index contributed by atoms with van der Waals surface area (Å²) in [6.07, 6.45) is 0.413. The Kier molecular flexibility index (Phi) is 4.86. The zero-order chi connectivity index (χ0) is 12.2. The second kappa shape index (κ2) is 5.72. The third-order valence-corrected chi connectivity index (χ3v) is 3.92. The highest BCUT2D eigenvalue weighted by Gasteiger charge is 2.10. The number of anilines is 1. The number of benzene rings is 1. The van der Waals surface area contributed by atoms with Gasteiger partial charge in [-0.25, -0.2) is 8.42 Å². The number of halogens is 2. The largest absolute Gasteiger partial charge is 0.330 e. The summed E-state index contributed by atoms with van der Waals surface area (Å²) < 4.78 is 25.4. The van der Waals surface area contributed by atoms with Crippen LogP contribution in [0.1, 0.15) is 6.42 Å². The first-order chi connectivity index (χ1) is 7.44. The molecule has 3 N–H and O–H groups in total. The molecule has 4 nitrogen and oxygen atoms in total. The van der Waals surface area contributed by atoms with Gasteiger partial charge in [0.1, 0.15) is 0 Å². The van der Waals surface area contributed by atoms with Gasteiger partial charge in [0, 0.05) is 0 Å². The molecule has 1 rings (SSSR count). The van der Waals surface area contributed by atoms with Crippen LogP contribution >= 0.6 is 23.2 Å². The van der Waals surface area contributed by atoms with E-state index in [1.54, 1.807) is 6.07 Å². The van der Waals surface area contributed by atoms with Crippen molar-refractivity contribution in [2.45, 2.75) is 6.42 Å². The molecule has 1 aromatic rings. The zero-order valence-corrected chi connectivity index (χ0v) is 10.7. The van der Waals surface area contributed by atoms with Crippen molar-refractivity contribution < 1.29 is 8.42 Å². The van der Waals surface area contributed by atoms with E-state index < -0.39 is 10.0 Å². The Labute approximate surface area is 105 Å². The molecule has 0 bridgehead atoms. The van der Waals surface area contributed by atoms with Crippen LogP contribution in [-0.4, -0.2) is 20.7 Å². The van der Waals surface area contributed by atoms with Gasteiger partial charge in [0.25, 0.3) is 0 Å². The molecule has 0 unspecified atom stereocenters. The van der Waals surface area contributed by atoms with Crippen LogP contribution < -0.4 is 10.5 Å². The maximum absolute atomic E-state index is 11.5. The predicted molar refractivity (Wildman–Crippen MR) is 67.5 cm³/mol. The van der Waals surface area contributed by atoms with E-state index in [-0.39, 0.29) is 5.75 Å². The predicted octanol–water partition coefficient (Wildman–Crippen LogP) is 2.08. The van der Waals surface area contributed by atoms with E-state index in [4.69, 9.17) is 28.9 Å². The number of sulfonamides is 1. The van der Waals surface area contributed by atoms with Gasteiger partial charge in [0.15, 0.2) is 0 Å². The Morgan fingerprint density at radius 2 is 1.94 bits per heavy atom. The smallest absolute Gasteiger partial charge is 0.232 e. The molecule has 7 heteroatoms. The molecule has 1 aromatic carbocycles. The van der Waals surface area contributed by atoms with Gasteiger partial charge in [-0.15, -0.1) is 0 Å². The highest BCUT2D eigenvalue weighted by molar-refractivity contribution is 7.92. The lowest BCUT2D eigenvalue weighted by Crippen LogP contribution is -2.18. The highest BCUT2D eigenvalue weighted by atomic mass is 35.5. The van der Waals surface area contributed by atoms with Gasteiger partial charge in [-0.2, -0.15) is 0 Å². The van der Waals surface area contributed by atoms with Crippen molar-refractivity contribution in [3.63, 3.8) is 0 Å². The molecule has 0 radical (unpaired) electrons. The van der Waals surface area contributed by atoms with Crippen molar-refractivity contribution in [1.29, 1.82) is 0 Å². The monoisotopic (exact) mass is 282 g/mol. The van der Waals surface area contributed by atoms with Crippen molar-refractivity contribution in [3.05, 3.63) is 28.2 Å². The van der Waals surface area contributed by atoms with Gasteiger partial charge in [-0.3, -0.25) is 4.72 Å². The average molecular weight is 283 g/mol. The third kappa shape index (κ3) is 4.17. The summed E-state index contributed by atoms with van der Waals surface area (Å²) in [5.74, 6) is -0.0102. The maximum Gasteiger partial charge on any atom is 0.232 e. The lowest BCUT2D eigenvalue weighted by Gasteiger charge is -2.08. The Hall–Kier alpha value is -0.490. The Morgan fingerprint density at radius 1 is 1.25 bits per heavy atom. The summed E-state index contributed by atoms with van der Waals surface area (Å²) in [5.41, 5.74) is 5.64. The quantitative estimate of drug-likeness (QED) is 0.869. The van der Waals surface area contributed by atoms with Gasteiger partial charge < -0.3 is 5.73 Å². The number of hydrogen-bond donors (Lipinski definition) is 2. The Morgan fingerprint density at radius 3 is 2.50 bits per heavy atom. The Balaban J connectivity index is 2.76. The van der Waals surface area contributed by atoms with Crippen molar-refractivity contribution >= 4 is 38.9 Å². The number of nitrogens with two attached hydrogens (primary N) is 1. The van der Waals surface area contributed by atoms with Crippen molar-refractivity contribution in [2.24, 2.45) is 5.73 Å². The lowest BCUT2D eigenvalue weighted by atomic mass is 10.3. The molecule has 0 atom stereocenters. The zero-order valence-electron chi connectivity index (χ0n) is 8.41. The fourth-order valence-electron chi connectivity index (χ4n) is 1.06.